The van der Waals surface area contributed by atoms with Gasteiger partial charge in [0, 0.05) is 5.02 Å². The van der Waals surface area contributed by atoms with Gasteiger partial charge in [0.2, 0.25) is 5.90 Å². The van der Waals surface area contributed by atoms with Gasteiger partial charge >= 0.3 is 5.97 Å². The third-order valence-electron chi connectivity index (χ3n) is 4.66. The number of carbonyl (C=O) groups is 1. The van der Waals surface area contributed by atoms with E-state index in [0.717, 1.165) is 5.56 Å². The fraction of sp³-hybridized carbons (Fsp3) is 0.120. The van der Waals surface area contributed by atoms with Gasteiger partial charge in [-0.2, -0.15) is 0 Å². The molecule has 0 atom stereocenters. The quantitative estimate of drug-likeness (QED) is 0.284. The fourth-order valence-corrected chi connectivity index (χ4v) is 3.58. The average Bonchev–Trinajstić information content (AvgIpc) is 3.14. The molecule has 0 fully saturated rings. The average molecular weight is 486 g/mol. The number of benzene rings is 3. The van der Waals surface area contributed by atoms with Crippen LogP contribution in [0.15, 0.2) is 71.4 Å². The molecule has 3 aromatic rings. The Kier molecular flexibility index (Phi) is 6.96. The molecule has 33 heavy (non-hydrogen) atoms. The third kappa shape index (κ3) is 5.53. The first kappa shape index (κ1) is 22.8. The number of halogens is 3. The van der Waals surface area contributed by atoms with E-state index in [0.29, 0.717) is 39.3 Å². The molecule has 0 aromatic heterocycles. The van der Waals surface area contributed by atoms with Crippen molar-refractivity contribution in [3.8, 4) is 11.5 Å². The Morgan fingerprint density at radius 3 is 2.52 bits per heavy atom. The lowest BCUT2D eigenvalue weighted by atomic mass is 10.1. The molecule has 3 aromatic carbocycles. The molecule has 1 aliphatic heterocycles. The maximum Gasteiger partial charge on any atom is 0.363 e. The summed E-state index contributed by atoms with van der Waals surface area (Å²) in [5, 5.41) is 0.797. The molecule has 8 heteroatoms. The van der Waals surface area contributed by atoms with E-state index in [9.17, 15) is 9.18 Å². The van der Waals surface area contributed by atoms with Gasteiger partial charge in [0.1, 0.15) is 12.4 Å². The molecule has 0 saturated carbocycles. The van der Waals surface area contributed by atoms with Crippen LogP contribution < -0.4 is 9.47 Å². The highest BCUT2D eigenvalue weighted by molar-refractivity contribution is 6.37. The second-order valence-corrected chi connectivity index (χ2v) is 7.86. The number of hydrogen-bond acceptors (Lipinski definition) is 5. The standard InChI is InChI=1S/C25H18Cl2FNO4/c1-2-31-23-12-16(5-10-22(23)32-14-15-3-7-18(28)8-4-15)11-21-25(30)33-24(29-21)19-9-6-17(26)13-20(19)27/h3-13H,2,14H2,1H3/b21-11-. The number of hydrogen-bond donors (Lipinski definition) is 0. The van der Waals surface area contributed by atoms with Crippen LogP contribution in [0.25, 0.3) is 6.08 Å². The zero-order valence-corrected chi connectivity index (χ0v) is 19.0. The molecule has 1 heterocycles. The van der Waals surface area contributed by atoms with Gasteiger partial charge in [-0.05, 0) is 66.6 Å². The molecule has 0 aliphatic carbocycles. The van der Waals surface area contributed by atoms with Crippen molar-refractivity contribution in [3.05, 3.63) is 98.9 Å². The van der Waals surface area contributed by atoms with Crippen LogP contribution in [0.2, 0.25) is 10.0 Å². The Balaban J connectivity index is 1.56. The van der Waals surface area contributed by atoms with Gasteiger partial charge in [-0.3, -0.25) is 0 Å². The van der Waals surface area contributed by atoms with Crippen molar-refractivity contribution < 1.29 is 23.4 Å². The predicted octanol–water partition coefficient (Wildman–Crippen LogP) is 6.45. The van der Waals surface area contributed by atoms with Crippen molar-refractivity contribution in [1.29, 1.82) is 0 Å². The topological polar surface area (TPSA) is 57.1 Å². The molecule has 0 unspecified atom stereocenters. The normalized spacial score (nSPS) is 14.2. The summed E-state index contributed by atoms with van der Waals surface area (Å²) in [4.78, 5) is 16.6. The first-order valence-electron chi connectivity index (χ1n) is 10.0. The molecule has 5 nitrogen and oxygen atoms in total. The summed E-state index contributed by atoms with van der Waals surface area (Å²) in [6, 6.07) is 16.1. The van der Waals surface area contributed by atoms with Crippen molar-refractivity contribution in [1.82, 2.24) is 0 Å². The number of nitrogens with zero attached hydrogens (tertiary/aromatic N) is 1. The molecule has 1 aliphatic rings. The summed E-state index contributed by atoms with van der Waals surface area (Å²) < 4.78 is 29.9. The van der Waals surface area contributed by atoms with Crippen LogP contribution >= 0.6 is 23.2 Å². The van der Waals surface area contributed by atoms with E-state index in [2.05, 4.69) is 4.99 Å². The van der Waals surface area contributed by atoms with E-state index >= 15 is 0 Å². The molecule has 0 bridgehead atoms. The highest BCUT2D eigenvalue weighted by atomic mass is 35.5. The van der Waals surface area contributed by atoms with Gasteiger partial charge in [-0.15, -0.1) is 0 Å². The number of ether oxygens (including phenoxy) is 3. The zero-order valence-electron chi connectivity index (χ0n) is 17.5. The summed E-state index contributed by atoms with van der Waals surface area (Å²) in [6.45, 7) is 2.53. The van der Waals surface area contributed by atoms with Crippen molar-refractivity contribution in [2.45, 2.75) is 13.5 Å². The largest absolute Gasteiger partial charge is 0.490 e. The fourth-order valence-electron chi connectivity index (χ4n) is 3.09. The Morgan fingerprint density at radius 2 is 1.79 bits per heavy atom. The number of esters is 1. The van der Waals surface area contributed by atoms with Crippen molar-refractivity contribution in [2.75, 3.05) is 6.61 Å². The molecular formula is C25H18Cl2FNO4. The van der Waals surface area contributed by atoms with Gasteiger partial charge in [-0.1, -0.05) is 41.4 Å². The van der Waals surface area contributed by atoms with E-state index < -0.39 is 5.97 Å². The summed E-state index contributed by atoms with van der Waals surface area (Å²) >= 11 is 12.1. The van der Waals surface area contributed by atoms with E-state index in [1.165, 1.54) is 12.1 Å². The van der Waals surface area contributed by atoms with Crippen LogP contribution in [-0.4, -0.2) is 18.5 Å². The number of aliphatic imine (C=N–C) groups is 1. The van der Waals surface area contributed by atoms with Crippen LogP contribution in [0, 0.1) is 5.82 Å². The molecule has 0 spiro atoms. The number of rotatable bonds is 7. The smallest absolute Gasteiger partial charge is 0.363 e. The second-order valence-electron chi connectivity index (χ2n) is 7.01. The maximum absolute atomic E-state index is 13.1. The lowest BCUT2D eigenvalue weighted by Crippen LogP contribution is -2.05. The monoisotopic (exact) mass is 485 g/mol. The van der Waals surface area contributed by atoms with Crippen LogP contribution in [-0.2, 0) is 16.1 Å². The van der Waals surface area contributed by atoms with Gasteiger partial charge in [0.15, 0.2) is 17.2 Å². The lowest BCUT2D eigenvalue weighted by molar-refractivity contribution is -0.129. The van der Waals surface area contributed by atoms with Crippen LogP contribution in [0.5, 0.6) is 11.5 Å². The SMILES string of the molecule is CCOc1cc(/C=C2\N=C(c3ccc(Cl)cc3Cl)OC2=O)ccc1OCc1ccc(F)cc1. The third-order valence-corrected chi connectivity index (χ3v) is 5.21. The van der Waals surface area contributed by atoms with Gasteiger partial charge < -0.3 is 14.2 Å². The summed E-state index contributed by atoms with van der Waals surface area (Å²) in [6.07, 6.45) is 1.59. The van der Waals surface area contributed by atoms with Crippen LogP contribution in [0.1, 0.15) is 23.6 Å². The Bertz CT molecular complexity index is 1260. The summed E-state index contributed by atoms with van der Waals surface area (Å²) in [5.74, 6) is 0.239. The predicted molar refractivity (Wildman–Crippen MR) is 125 cm³/mol. The van der Waals surface area contributed by atoms with E-state index in [-0.39, 0.29) is 24.0 Å². The minimum Gasteiger partial charge on any atom is -0.490 e. The summed E-state index contributed by atoms with van der Waals surface area (Å²) in [5.41, 5.74) is 2.09. The van der Waals surface area contributed by atoms with Gasteiger partial charge in [0.25, 0.3) is 0 Å². The molecule has 0 saturated heterocycles. The first-order valence-corrected chi connectivity index (χ1v) is 10.8. The van der Waals surface area contributed by atoms with E-state index in [1.54, 1.807) is 54.6 Å². The highest BCUT2D eigenvalue weighted by Gasteiger charge is 2.25. The number of cyclic esters (lactones) is 1. The van der Waals surface area contributed by atoms with Gasteiger partial charge in [0.05, 0.1) is 17.2 Å². The van der Waals surface area contributed by atoms with Crippen LogP contribution in [0.4, 0.5) is 4.39 Å². The maximum atomic E-state index is 13.1. The highest BCUT2D eigenvalue weighted by Crippen LogP contribution is 2.31. The van der Waals surface area contributed by atoms with Crippen molar-refractivity contribution in [2.24, 2.45) is 4.99 Å². The molecular weight excluding hydrogens is 468 g/mol. The van der Waals surface area contributed by atoms with Gasteiger partial charge in [-0.25, -0.2) is 14.2 Å². The summed E-state index contributed by atoms with van der Waals surface area (Å²) in [7, 11) is 0. The van der Waals surface area contributed by atoms with E-state index in [1.807, 2.05) is 6.92 Å². The minimum absolute atomic E-state index is 0.109. The molecule has 0 amide bonds. The number of carbonyl (C=O) groups excluding carboxylic acids is 1. The molecule has 4 rings (SSSR count). The van der Waals surface area contributed by atoms with Crippen molar-refractivity contribution >= 4 is 41.1 Å². The second kappa shape index (κ2) is 10.1. The molecule has 0 radical (unpaired) electrons. The van der Waals surface area contributed by atoms with Crippen LogP contribution in [0.3, 0.4) is 0 Å². The van der Waals surface area contributed by atoms with Crippen molar-refractivity contribution in [3.63, 3.8) is 0 Å². The van der Waals surface area contributed by atoms with E-state index in [4.69, 9.17) is 37.4 Å². The first-order chi connectivity index (χ1) is 15.9. The Morgan fingerprint density at radius 1 is 1.00 bits per heavy atom. The Labute approximate surface area is 200 Å². The molecule has 0 N–H and O–H groups in total. The minimum atomic E-state index is -0.592. The zero-order chi connectivity index (χ0) is 23.4. The molecule has 168 valence electrons. The Hall–Kier alpha value is -3.35. The lowest BCUT2D eigenvalue weighted by Gasteiger charge is -2.13.